The molecule has 120 valence electrons. The summed E-state index contributed by atoms with van der Waals surface area (Å²) in [5.74, 6) is -0.651. The van der Waals surface area contributed by atoms with E-state index in [1.54, 1.807) is 12.4 Å². The second-order valence-corrected chi connectivity index (χ2v) is 7.79. The number of nitrogens with zero attached hydrogens (tertiary/aromatic N) is 4. The molecule has 0 spiro atoms. The molecule has 2 aromatic rings. The van der Waals surface area contributed by atoms with Gasteiger partial charge < -0.3 is 0 Å². The smallest absolute Gasteiger partial charge is 0.152 e. The van der Waals surface area contributed by atoms with E-state index in [9.17, 15) is 4.79 Å². The highest BCUT2D eigenvalue weighted by Gasteiger charge is 2.44. The molecule has 0 aliphatic rings. The second kappa shape index (κ2) is 5.62. The molecular formula is C15H24N6O. The van der Waals surface area contributed by atoms with E-state index in [4.69, 9.17) is 0 Å². The summed E-state index contributed by atoms with van der Waals surface area (Å²) in [6, 6.07) is 0. The third-order valence-corrected chi connectivity index (χ3v) is 3.76. The molecule has 0 saturated carbocycles. The zero-order chi connectivity index (χ0) is 16.5. The second-order valence-electron chi connectivity index (χ2n) is 7.79. The number of aromatic nitrogens is 6. The molecule has 0 bridgehead atoms. The Labute approximate surface area is 130 Å². The monoisotopic (exact) mass is 304 g/mol. The Kier molecular flexibility index (Phi) is 4.17. The van der Waals surface area contributed by atoms with Gasteiger partial charge >= 0.3 is 0 Å². The number of H-pyrrole nitrogens is 2. The fraction of sp³-hybridized carbons (Fsp3) is 0.667. The Morgan fingerprint density at radius 2 is 1.23 bits per heavy atom. The van der Waals surface area contributed by atoms with E-state index >= 15 is 0 Å². The van der Waals surface area contributed by atoms with Crippen molar-refractivity contribution in [3.05, 3.63) is 23.8 Å². The maximum absolute atomic E-state index is 13.4. The summed E-state index contributed by atoms with van der Waals surface area (Å²) in [5.41, 5.74) is 0.771. The van der Waals surface area contributed by atoms with Crippen LogP contribution in [0, 0.1) is 10.8 Å². The largest absolute Gasteiger partial charge is 0.298 e. The lowest BCUT2D eigenvalue weighted by atomic mass is 9.67. The van der Waals surface area contributed by atoms with Crippen LogP contribution in [0.2, 0.25) is 0 Å². The molecular weight excluding hydrogens is 280 g/mol. The Morgan fingerprint density at radius 1 is 0.864 bits per heavy atom. The van der Waals surface area contributed by atoms with Crippen LogP contribution in [0.15, 0.2) is 12.4 Å². The van der Waals surface area contributed by atoms with Crippen molar-refractivity contribution in [3.63, 3.8) is 0 Å². The van der Waals surface area contributed by atoms with Gasteiger partial charge in [-0.1, -0.05) is 41.5 Å². The van der Waals surface area contributed by atoms with E-state index in [-0.39, 0.29) is 28.4 Å². The summed E-state index contributed by atoms with van der Waals surface area (Å²) < 4.78 is 0. The molecule has 0 amide bonds. The lowest BCUT2D eigenvalue weighted by molar-refractivity contribution is -0.126. The first-order valence-corrected chi connectivity index (χ1v) is 7.37. The van der Waals surface area contributed by atoms with Crippen molar-refractivity contribution in [2.45, 2.75) is 53.4 Å². The van der Waals surface area contributed by atoms with Gasteiger partial charge in [-0.05, 0) is 10.8 Å². The SMILES string of the molecule is CC(C)(C)C(C(=O)C(c1cn[nH]n1)C(C)(C)C)c1cn[nH]n1. The minimum atomic E-state index is -0.368. The van der Waals surface area contributed by atoms with E-state index in [1.165, 1.54) is 0 Å². The average Bonchev–Trinajstić information content (AvgIpc) is 2.98. The van der Waals surface area contributed by atoms with E-state index in [0.29, 0.717) is 11.4 Å². The van der Waals surface area contributed by atoms with Crippen molar-refractivity contribution in [1.29, 1.82) is 0 Å². The molecule has 2 N–H and O–H groups in total. The first-order valence-electron chi connectivity index (χ1n) is 7.37. The summed E-state index contributed by atoms with van der Waals surface area (Å²) in [4.78, 5) is 13.4. The number of ketones is 1. The van der Waals surface area contributed by atoms with Gasteiger partial charge in [0.05, 0.1) is 35.6 Å². The Bertz CT molecular complexity index is 549. The summed E-state index contributed by atoms with van der Waals surface area (Å²) in [5, 5.41) is 21.2. The molecule has 0 saturated heterocycles. The van der Waals surface area contributed by atoms with Crippen molar-refractivity contribution < 1.29 is 4.79 Å². The average molecular weight is 304 g/mol. The lowest BCUT2D eigenvalue weighted by Crippen LogP contribution is -2.36. The fourth-order valence-electron chi connectivity index (χ4n) is 2.90. The highest BCUT2D eigenvalue weighted by molar-refractivity contribution is 5.92. The topological polar surface area (TPSA) is 100 Å². The number of hydrogen-bond acceptors (Lipinski definition) is 5. The Balaban J connectivity index is 2.48. The van der Waals surface area contributed by atoms with Gasteiger partial charge in [-0.15, -0.1) is 0 Å². The maximum Gasteiger partial charge on any atom is 0.152 e. The van der Waals surface area contributed by atoms with E-state index in [2.05, 4.69) is 30.8 Å². The predicted octanol–water partition coefficient (Wildman–Crippen LogP) is 2.45. The van der Waals surface area contributed by atoms with Crippen molar-refractivity contribution in [1.82, 2.24) is 30.8 Å². The number of rotatable bonds is 4. The van der Waals surface area contributed by atoms with E-state index in [1.807, 2.05) is 41.5 Å². The molecule has 0 aliphatic carbocycles. The van der Waals surface area contributed by atoms with Crippen LogP contribution in [0.5, 0.6) is 0 Å². The zero-order valence-corrected chi connectivity index (χ0v) is 14.0. The minimum Gasteiger partial charge on any atom is -0.298 e. The van der Waals surface area contributed by atoms with Crippen LogP contribution in [0.3, 0.4) is 0 Å². The first kappa shape index (κ1) is 16.3. The van der Waals surface area contributed by atoms with Crippen LogP contribution < -0.4 is 0 Å². The molecule has 2 heterocycles. The van der Waals surface area contributed by atoms with Crippen molar-refractivity contribution in [2.24, 2.45) is 10.8 Å². The van der Waals surface area contributed by atoms with E-state index < -0.39 is 0 Å². The van der Waals surface area contributed by atoms with Gasteiger partial charge in [-0.2, -0.15) is 30.8 Å². The number of carbonyl (C=O) groups excluding carboxylic acids is 1. The molecule has 2 aromatic heterocycles. The number of carbonyl (C=O) groups is 1. The van der Waals surface area contributed by atoms with Crippen LogP contribution in [-0.2, 0) is 4.79 Å². The van der Waals surface area contributed by atoms with Crippen molar-refractivity contribution >= 4 is 5.78 Å². The van der Waals surface area contributed by atoms with Crippen LogP contribution in [0.25, 0.3) is 0 Å². The third-order valence-electron chi connectivity index (χ3n) is 3.76. The van der Waals surface area contributed by atoms with Gasteiger partial charge in [0.2, 0.25) is 0 Å². The number of aromatic amines is 2. The molecule has 0 aromatic carbocycles. The number of hydrogen-bond donors (Lipinski definition) is 2. The fourth-order valence-corrected chi connectivity index (χ4v) is 2.90. The highest BCUT2D eigenvalue weighted by Crippen LogP contribution is 2.43. The molecule has 0 aliphatic heterocycles. The Morgan fingerprint density at radius 3 is 1.45 bits per heavy atom. The minimum absolute atomic E-state index is 0.0859. The molecule has 7 heteroatoms. The third kappa shape index (κ3) is 3.23. The van der Waals surface area contributed by atoms with Gasteiger partial charge in [0.15, 0.2) is 5.78 Å². The molecule has 22 heavy (non-hydrogen) atoms. The van der Waals surface area contributed by atoms with Crippen LogP contribution in [0.4, 0.5) is 0 Å². The Hall–Kier alpha value is -2.05. The molecule has 2 atom stereocenters. The summed E-state index contributed by atoms with van der Waals surface area (Å²) >= 11 is 0. The van der Waals surface area contributed by atoms with Crippen LogP contribution in [-0.4, -0.2) is 36.6 Å². The van der Waals surface area contributed by atoms with Crippen molar-refractivity contribution in [3.8, 4) is 0 Å². The molecule has 0 fully saturated rings. The molecule has 2 rings (SSSR count). The number of nitrogens with one attached hydrogen (secondary N) is 2. The maximum atomic E-state index is 13.4. The molecule has 2 unspecified atom stereocenters. The van der Waals surface area contributed by atoms with Crippen LogP contribution in [0.1, 0.15) is 64.8 Å². The molecule has 7 nitrogen and oxygen atoms in total. The van der Waals surface area contributed by atoms with Gasteiger partial charge in [-0.3, -0.25) is 4.79 Å². The van der Waals surface area contributed by atoms with Gasteiger partial charge in [0.1, 0.15) is 0 Å². The first-order chi connectivity index (χ1) is 10.1. The zero-order valence-electron chi connectivity index (χ0n) is 14.0. The van der Waals surface area contributed by atoms with E-state index in [0.717, 1.165) is 0 Å². The standard InChI is InChI=1S/C15H24N6O/c1-14(2,3)11(9-7-16-20-18-9)13(22)12(15(4,5)6)10-8-17-21-19-10/h7-8,11-12H,1-6H3,(H,16,18,20)(H,17,19,21). The number of Topliss-reactive ketones (excluding diaryl/α,β-unsaturated/α-hetero) is 1. The normalized spacial score (nSPS) is 15.5. The summed E-state index contributed by atoms with van der Waals surface area (Å²) in [6.45, 7) is 12.2. The quantitative estimate of drug-likeness (QED) is 0.903. The predicted molar refractivity (Wildman–Crippen MR) is 82.2 cm³/mol. The van der Waals surface area contributed by atoms with Gasteiger partial charge in [0, 0.05) is 0 Å². The van der Waals surface area contributed by atoms with Crippen molar-refractivity contribution in [2.75, 3.05) is 0 Å². The van der Waals surface area contributed by atoms with Crippen LogP contribution >= 0.6 is 0 Å². The summed E-state index contributed by atoms with van der Waals surface area (Å²) in [6.07, 6.45) is 3.24. The molecule has 0 radical (unpaired) electrons. The highest BCUT2D eigenvalue weighted by atomic mass is 16.1. The summed E-state index contributed by atoms with van der Waals surface area (Å²) in [7, 11) is 0. The van der Waals surface area contributed by atoms with Gasteiger partial charge in [0.25, 0.3) is 0 Å². The van der Waals surface area contributed by atoms with Gasteiger partial charge in [-0.25, -0.2) is 0 Å². The lowest BCUT2D eigenvalue weighted by Gasteiger charge is -2.35.